The van der Waals surface area contributed by atoms with Crippen LogP contribution in [-0.4, -0.2) is 32.0 Å². The molecule has 8 nitrogen and oxygen atoms in total. The van der Waals surface area contributed by atoms with Gasteiger partial charge in [-0.05, 0) is 43.3 Å². The highest BCUT2D eigenvalue weighted by molar-refractivity contribution is 7.92. The molecule has 0 unspecified atom stereocenters. The Kier molecular flexibility index (Phi) is 7.00. The van der Waals surface area contributed by atoms with Crippen molar-refractivity contribution < 1.29 is 31.5 Å². The van der Waals surface area contributed by atoms with Crippen molar-refractivity contribution in [3.8, 4) is 0 Å². The Morgan fingerprint density at radius 1 is 1.08 bits per heavy atom. The van der Waals surface area contributed by atoms with Gasteiger partial charge in [0.05, 0.1) is 22.2 Å². The molecule has 0 bridgehead atoms. The zero-order valence-corrected chi connectivity index (χ0v) is 20.6. The molecule has 12 heteroatoms. The minimum Gasteiger partial charge on any atom is -0.468 e. The highest BCUT2D eigenvalue weighted by Gasteiger charge is 2.18. The monoisotopic (exact) mass is 531 g/mol. The first kappa shape index (κ1) is 25.2. The third-order valence-electron chi connectivity index (χ3n) is 5.10. The minimum absolute atomic E-state index is 0.0350. The van der Waals surface area contributed by atoms with Gasteiger partial charge >= 0.3 is 5.97 Å². The van der Waals surface area contributed by atoms with Crippen LogP contribution in [0.4, 0.5) is 14.5 Å². The summed E-state index contributed by atoms with van der Waals surface area (Å²) >= 11 is 0.816. The molecular weight excluding hydrogens is 512 g/mol. The van der Waals surface area contributed by atoms with Crippen LogP contribution in [0.25, 0.3) is 10.2 Å². The van der Waals surface area contributed by atoms with Gasteiger partial charge in [-0.15, -0.1) is 0 Å². The molecule has 3 aromatic carbocycles. The molecule has 36 heavy (non-hydrogen) atoms. The van der Waals surface area contributed by atoms with Crippen molar-refractivity contribution in [1.29, 1.82) is 0 Å². The van der Waals surface area contributed by atoms with E-state index in [4.69, 9.17) is 0 Å². The van der Waals surface area contributed by atoms with E-state index in [1.807, 2.05) is 6.92 Å². The second kappa shape index (κ2) is 9.99. The number of ether oxygens (including phenoxy) is 1. The van der Waals surface area contributed by atoms with Crippen molar-refractivity contribution in [3.05, 3.63) is 88.2 Å². The first-order chi connectivity index (χ1) is 17.1. The number of hydrogen-bond donors (Lipinski definition) is 1. The second-order valence-corrected chi connectivity index (χ2v) is 10.4. The zero-order chi connectivity index (χ0) is 26.0. The summed E-state index contributed by atoms with van der Waals surface area (Å²) in [7, 11) is -2.75. The highest BCUT2D eigenvalue weighted by atomic mass is 32.2. The molecule has 1 heterocycles. The Morgan fingerprint density at radius 3 is 2.50 bits per heavy atom. The molecule has 0 saturated carbocycles. The Hall–Kier alpha value is -3.90. The van der Waals surface area contributed by atoms with Crippen LogP contribution in [0.15, 0.2) is 70.6 Å². The van der Waals surface area contributed by atoms with Gasteiger partial charge in [-0.2, -0.15) is 4.99 Å². The lowest BCUT2D eigenvalue weighted by atomic mass is 10.2. The zero-order valence-electron chi connectivity index (χ0n) is 19.0. The number of hydrogen-bond acceptors (Lipinski definition) is 6. The fourth-order valence-electron chi connectivity index (χ4n) is 3.35. The number of halogens is 2. The van der Waals surface area contributed by atoms with Crippen molar-refractivity contribution in [2.75, 3.05) is 11.8 Å². The number of aromatic nitrogens is 1. The average molecular weight is 532 g/mol. The van der Waals surface area contributed by atoms with Gasteiger partial charge in [-0.1, -0.05) is 35.1 Å². The number of carbonyl (C=O) groups is 2. The summed E-state index contributed by atoms with van der Waals surface area (Å²) in [5.41, 5.74) is 0.964. The van der Waals surface area contributed by atoms with Crippen LogP contribution in [0, 0.1) is 18.6 Å². The lowest BCUT2D eigenvalue weighted by Gasteiger charge is -2.09. The Balaban J connectivity index is 1.71. The fourth-order valence-corrected chi connectivity index (χ4v) is 5.47. The van der Waals surface area contributed by atoms with E-state index in [0.29, 0.717) is 6.07 Å². The van der Waals surface area contributed by atoms with Crippen molar-refractivity contribution in [1.82, 2.24) is 4.57 Å². The largest absolute Gasteiger partial charge is 0.468 e. The van der Waals surface area contributed by atoms with E-state index >= 15 is 0 Å². The molecule has 0 radical (unpaired) electrons. The number of anilines is 1. The van der Waals surface area contributed by atoms with E-state index in [1.54, 1.807) is 12.1 Å². The predicted molar refractivity (Wildman–Crippen MR) is 130 cm³/mol. The Morgan fingerprint density at radius 2 is 1.81 bits per heavy atom. The third kappa shape index (κ3) is 5.34. The highest BCUT2D eigenvalue weighted by Crippen LogP contribution is 2.23. The Bertz CT molecular complexity index is 1660. The maximum atomic E-state index is 14.5. The van der Waals surface area contributed by atoms with E-state index < -0.39 is 40.1 Å². The van der Waals surface area contributed by atoms with Crippen LogP contribution in [0.2, 0.25) is 0 Å². The van der Waals surface area contributed by atoms with Crippen LogP contribution in [0.3, 0.4) is 0 Å². The normalized spacial score (nSPS) is 12.1. The maximum Gasteiger partial charge on any atom is 0.325 e. The number of aryl methyl sites for hydroxylation is 1. The van der Waals surface area contributed by atoms with Gasteiger partial charge in [-0.25, -0.2) is 17.2 Å². The SMILES string of the molecule is COC(=O)Cn1c(=NC(=O)c2cccc(NS(=O)(=O)c3ccc(C)cc3)c2)sc2cc(F)cc(F)c21. The van der Waals surface area contributed by atoms with Crippen molar-refractivity contribution >= 4 is 49.1 Å². The lowest BCUT2D eigenvalue weighted by Crippen LogP contribution is -2.23. The average Bonchev–Trinajstić information content (AvgIpc) is 3.15. The topological polar surface area (TPSA) is 107 Å². The van der Waals surface area contributed by atoms with Gasteiger partial charge < -0.3 is 9.30 Å². The van der Waals surface area contributed by atoms with Crippen LogP contribution in [0.1, 0.15) is 15.9 Å². The van der Waals surface area contributed by atoms with Crippen molar-refractivity contribution in [2.24, 2.45) is 4.99 Å². The van der Waals surface area contributed by atoms with Gasteiger partial charge in [0.25, 0.3) is 15.9 Å². The molecule has 0 aliphatic rings. The summed E-state index contributed by atoms with van der Waals surface area (Å²) in [5, 5.41) is 0. The summed E-state index contributed by atoms with van der Waals surface area (Å²) < 4.78 is 61.9. The molecule has 186 valence electrons. The maximum absolute atomic E-state index is 14.5. The molecule has 1 amide bonds. The van der Waals surface area contributed by atoms with E-state index in [9.17, 15) is 26.8 Å². The molecule has 1 aromatic heterocycles. The number of amides is 1. The number of carbonyl (C=O) groups excluding carboxylic acids is 2. The standard InChI is InChI=1S/C24H19F2N3O5S2/c1-14-6-8-18(9-7-14)36(32,33)28-17-5-3-4-15(10-17)23(31)27-24-29(13-21(30)34-2)22-19(26)11-16(25)12-20(22)35-24/h3-12,28H,13H2,1-2H3. The second-order valence-electron chi connectivity index (χ2n) is 7.70. The molecule has 0 spiro atoms. The summed E-state index contributed by atoms with van der Waals surface area (Å²) in [5.74, 6) is -3.25. The summed E-state index contributed by atoms with van der Waals surface area (Å²) in [6.45, 7) is 1.38. The van der Waals surface area contributed by atoms with Gasteiger partial charge in [0.1, 0.15) is 12.4 Å². The molecule has 4 rings (SSSR count). The minimum atomic E-state index is -3.90. The van der Waals surface area contributed by atoms with Crippen LogP contribution < -0.4 is 9.52 Å². The lowest BCUT2D eigenvalue weighted by molar-refractivity contribution is -0.141. The first-order valence-corrected chi connectivity index (χ1v) is 12.7. The number of esters is 1. The molecule has 0 saturated heterocycles. The number of fused-ring (bicyclic) bond motifs is 1. The van der Waals surface area contributed by atoms with E-state index in [1.165, 1.54) is 36.4 Å². The van der Waals surface area contributed by atoms with E-state index in [0.717, 1.165) is 34.6 Å². The number of methoxy groups -OCH3 is 1. The van der Waals surface area contributed by atoms with Crippen LogP contribution in [-0.2, 0) is 26.1 Å². The predicted octanol–water partition coefficient (Wildman–Crippen LogP) is 4.00. The number of sulfonamides is 1. The smallest absolute Gasteiger partial charge is 0.325 e. The van der Waals surface area contributed by atoms with Gasteiger partial charge in [0.15, 0.2) is 10.6 Å². The molecule has 0 aliphatic heterocycles. The van der Waals surface area contributed by atoms with Gasteiger partial charge in [-0.3, -0.25) is 14.3 Å². The molecular formula is C24H19F2N3O5S2. The van der Waals surface area contributed by atoms with Crippen LogP contribution >= 0.6 is 11.3 Å². The fraction of sp³-hybridized carbons (Fsp3) is 0.125. The molecule has 1 N–H and O–H groups in total. The van der Waals surface area contributed by atoms with Gasteiger partial charge in [0, 0.05) is 17.3 Å². The number of thiazole rings is 1. The quantitative estimate of drug-likeness (QED) is 0.379. The molecule has 4 aromatic rings. The Labute approximate surface area is 208 Å². The molecule has 0 atom stereocenters. The summed E-state index contributed by atoms with van der Waals surface area (Å²) in [6.07, 6.45) is 0. The number of nitrogens with zero attached hydrogens (tertiary/aromatic N) is 2. The van der Waals surface area contributed by atoms with Gasteiger partial charge in [0.2, 0.25) is 0 Å². The molecule has 0 fully saturated rings. The van der Waals surface area contributed by atoms with E-state index in [2.05, 4.69) is 14.5 Å². The van der Waals surface area contributed by atoms with Crippen molar-refractivity contribution in [3.63, 3.8) is 0 Å². The third-order valence-corrected chi connectivity index (χ3v) is 7.52. The number of benzene rings is 3. The summed E-state index contributed by atoms with van der Waals surface area (Å²) in [4.78, 5) is 28.8. The van der Waals surface area contributed by atoms with Crippen LogP contribution in [0.5, 0.6) is 0 Å². The number of rotatable bonds is 6. The van der Waals surface area contributed by atoms with E-state index in [-0.39, 0.29) is 31.2 Å². The molecule has 0 aliphatic carbocycles. The number of nitrogens with one attached hydrogen (secondary N) is 1. The summed E-state index contributed by atoms with van der Waals surface area (Å²) in [6, 6.07) is 13.7. The first-order valence-electron chi connectivity index (χ1n) is 10.4. The van der Waals surface area contributed by atoms with Crippen molar-refractivity contribution in [2.45, 2.75) is 18.4 Å².